The molecule has 0 spiro atoms. The summed E-state index contributed by atoms with van der Waals surface area (Å²) in [5.41, 5.74) is 3.31. The van der Waals surface area contributed by atoms with Gasteiger partial charge in [-0.1, -0.05) is 12.1 Å². The maximum Gasteiger partial charge on any atom is 0.416 e. The monoisotopic (exact) mass is 549 g/mol. The van der Waals surface area contributed by atoms with Crippen molar-refractivity contribution in [2.75, 3.05) is 36.9 Å². The van der Waals surface area contributed by atoms with Crippen molar-refractivity contribution in [2.24, 2.45) is 5.73 Å². The van der Waals surface area contributed by atoms with Gasteiger partial charge in [-0.25, -0.2) is 8.78 Å². The van der Waals surface area contributed by atoms with Crippen LogP contribution in [0.15, 0.2) is 53.8 Å². The predicted octanol–water partition coefficient (Wildman–Crippen LogP) is 4.17. The molecule has 2 atom stereocenters. The molecule has 4 N–H and O–H groups in total. The van der Waals surface area contributed by atoms with Gasteiger partial charge >= 0.3 is 6.18 Å². The third kappa shape index (κ3) is 5.75. The molecule has 208 valence electrons. The molecule has 0 bridgehead atoms. The first-order chi connectivity index (χ1) is 18.3. The Labute approximate surface area is 222 Å². The quantitative estimate of drug-likeness (QED) is 0.487. The number of likely N-dealkylation sites (N-methyl/N-ethyl adjacent to an activating group) is 1. The Kier molecular flexibility index (Phi) is 7.69. The second-order valence-electron chi connectivity index (χ2n) is 9.71. The van der Waals surface area contributed by atoms with E-state index in [1.807, 2.05) is 25.8 Å². The van der Waals surface area contributed by atoms with Crippen LogP contribution in [0.3, 0.4) is 0 Å². The molecule has 2 aromatic carbocycles. The second kappa shape index (κ2) is 10.7. The number of amides is 2. The molecule has 1 fully saturated rings. The molecule has 0 aromatic heterocycles. The van der Waals surface area contributed by atoms with Gasteiger partial charge in [0.05, 0.1) is 28.1 Å². The van der Waals surface area contributed by atoms with E-state index in [4.69, 9.17) is 5.73 Å². The molecule has 2 aliphatic rings. The summed E-state index contributed by atoms with van der Waals surface area (Å²) in [6, 6.07) is 5.88. The van der Waals surface area contributed by atoms with Crippen LogP contribution in [0, 0.1) is 11.6 Å². The van der Waals surface area contributed by atoms with Gasteiger partial charge < -0.3 is 21.3 Å². The number of nitrogens with zero attached hydrogens (tertiary/aromatic N) is 2. The molecule has 7 nitrogen and oxygen atoms in total. The summed E-state index contributed by atoms with van der Waals surface area (Å²) in [7, 11) is 1.96. The van der Waals surface area contributed by atoms with Gasteiger partial charge in [-0.05, 0) is 50.7 Å². The topological polar surface area (TPSA) is 90.7 Å². The zero-order valence-electron chi connectivity index (χ0n) is 21.5. The first kappa shape index (κ1) is 28.1. The Morgan fingerprint density at radius 2 is 1.72 bits per heavy atom. The van der Waals surface area contributed by atoms with E-state index in [1.165, 1.54) is 18.2 Å². The number of nitrogens with one attached hydrogen (secondary N) is 2. The molecule has 2 amide bonds. The third-order valence-electron chi connectivity index (χ3n) is 7.09. The number of carbonyl (C=O) groups is 2. The van der Waals surface area contributed by atoms with Crippen LogP contribution in [0.1, 0.15) is 24.2 Å². The van der Waals surface area contributed by atoms with Crippen LogP contribution in [-0.2, 0) is 4.79 Å². The highest BCUT2D eigenvalue weighted by Gasteiger charge is 2.39. The maximum atomic E-state index is 15.5. The number of piperazine rings is 1. The minimum Gasteiger partial charge on any atom is -0.387 e. The van der Waals surface area contributed by atoms with Crippen LogP contribution in [-0.4, -0.2) is 61.7 Å². The van der Waals surface area contributed by atoms with Gasteiger partial charge in [0.25, 0.3) is 11.8 Å². The molecule has 1 saturated heterocycles. The van der Waals surface area contributed by atoms with Crippen molar-refractivity contribution in [3.05, 3.63) is 71.0 Å². The Morgan fingerprint density at radius 3 is 2.31 bits per heavy atom. The number of hydrogen-bond donors (Lipinski definition) is 3. The van der Waals surface area contributed by atoms with Gasteiger partial charge in [0.2, 0.25) is 0 Å². The summed E-state index contributed by atoms with van der Waals surface area (Å²) in [5.74, 6) is -3.75. The van der Waals surface area contributed by atoms with E-state index < -0.39 is 40.8 Å². The number of carbonyl (C=O) groups excluding carboxylic acids is 2. The first-order valence-corrected chi connectivity index (χ1v) is 12.2. The smallest absolute Gasteiger partial charge is 0.387 e. The van der Waals surface area contributed by atoms with Crippen LogP contribution in [0.2, 0.25) is 0 Å². The average molecular weight is 550 g/mol. The number of halogens is 5. The SMILES string of the molecule is C[C@@H]1CN(c2cc(F)c(-c3ccc(C(N)=O)c(F)c3)cc2NC(=O)C2=CNCC=C2C(F)(F)F)C[C@H](C)N1C. The van der Waals surface area contributed by atoms with Crippen LogP contribution >= 0.6 is 0 Å². The van der Waals surface area contributed by atoms with E-state index in [1.54, 1.807) is 0 Å². The van der Waals surface area contributed by atoms with Crippen molar-refractivity contribution in [3.63, 3.8) is 0 Å². The minimum absolute atomic E-state index is 0.0478. The number of alkyl halides is 3. The van der Waals surface area contributed by atoms with E-state index in [2.05, 4.69) is 15.5 Å². The average Bonchev–Trinajstić information content (AvgIpc) is 2.87. The Bertz CT molecular complexity index is 1360. The third-order valence-corrected chi connectivity index (χ3v) is 7.09. The lowest BCUT2D eigenvalue weighted by Gasteiger charge is -2.44. The second-order valence-corrected chi connectivity index (χ2v) is 9.71. The van der Waals surface area contributed by atoms with Crippen LogP contribution < -0.4 is 21.3 Å². The Balaban J connectivity index is 1.79. The lowest BCUT2D eigenvalue weighted by molar-refractivity contribution is -0.115. The van der Waals surface area contributed by atoms with E-state index in [-0.39, 0.29) is 46.7 Å². The van der Waals surface area contributed by atoms with Gasteiger partial charge in [-0.2, -0.15) is 13.2 Å². The van der Waals surface area contributed by atoms with Gasteiger partial charge in [0, 0.05) is 43.5 Å². The van der Waals surface area contributed by atoms with E-state index >= 15 is 4.39 Å². The molecule has 0 saturated carbocycles. The molecular weight excluding hydrogens is 521 g/mol. The van der Waals surface area contributed by atoms with Gasteiger partial charge in [0.1, 0.15) is 11.6 Å². The number of nitrogens with two attached hydrogens (primary N) is 1. The van der Waals surface area contributed by atoms with Crippen molar-refractivity contribution >= 4 is 23.2 Å². The summed E-state index contributed by atoms with van der Waals surface area (Å²) in [5, 5.41) is 5.13. The van der Waals surface area contributed by atoms with Gasteiger partial charge in [-0.15, -0.1) is 0 Å². The molecule has 2 aromatic rings. The van der Waals surface area contributed by atoms with Crippen LogP contribution in [0.5, 0.6) is 0 Å². The van der Waals surface area contributed by atoms with Crippen molar-refractivity contribution < 1.29 is 31.5 Å². The largest absolute Gasteiger partial charge is 0.416 e. The molecule has 0 aliphatic carbocycles. The predicted molar refractivity (Wildman–Crippen MR) is 138 cm³/mol. The molecule has 2 aliphatic heterocycles. The minimum atomic E-state index is -4.76. The van der Waals surface area contributed by atoms with E-state index in [0.29, 0.717) is 13.1 Å². The highest BCUT2D eigenvalue weighted by Crippen LogP contribution is 2.38. The van der Waals surface area contributed by atoms with Crippen LogP contribution in [0.25, 0.3) is 11.1 Å². The fraction of sp³-hybridized carbons (Fsp3) is 0.333. The van der Waals surface area contributed by atoms with Crippen LogP contribution in [0.4, 0.5) is 33.3 Å². The standard InChI is InChI=1S/C27H28F5N5O2/c1-14-12-37(13-15(2)36(14)3)24-10-22(29)18(16-4-5-17(25(33)38)21(28)8-16)9-23(24)35-26(39)19-11-34-7-6-20(19)27(30,31)32/h4-6,8-11,14-15,34H,7,12-13H2,1-3H3,(H2,33,38)(H,35,39)/t14-,15+. The molecule has 12 heteroatoms. The van der Waals surface area contributed by atoms with Crippen molar-refractivity contribution in [3.8, 4) is 11.1 Å². The number of primary amides is 1. The number of benzene rings is 2. The first-order valence-electron chi connectivity index (χ1n) is 12.2. The number of anilines is 2. The van der Waals surface area contributed by atoms with E-state index in [0.717, 1.165) is 24.4 Å². The van der Waals surface area contributed by atoms with Crippen molar-refractivity contribution in [2.45, 2.75) is 32.1 Å². The molecule has 0 radical (unpaired) electrons. The summed E-state index contributed by atoms with van der Waals surface area (Å²) in [6.45, 7) is 4.79. The Morgan fingerprint density at radius 1 is 1.05 bits per heavy atom. The summed E-state index contributed by atoms with van der Waals surface area (Å²) in [4.78, 5) is 28.6. The zero-order valence-corrected chi connectivity index (χ0v) is 21.5. The number of hydrogen-bond acceptors (Lipinski definition) is 5. The van der Waals surface area contributed by atoms with Crippen molar-refractivity contribution in [1.29, 1.82) is 0 Å². The van der Waals surface area contributed by atoms with E-state index in [9.17, 15) is 27.2 Å². The molecule has 39 heavy (non-hydrogen) atoms. The lowest BCUT2D eigenvalue weighted by Crippen LogP contribution is -2.55. The van der Waals surface area contributed by atoms with Gasteiger partial charge in [-0.3, -0.25) is 14.5 Å². The molecule has 0 unspecified atom stereocenters. The Hall–Kier alpha value is -3.93. The van der Waals surface area contributed by atoms with Crippen molar-refractivity contribution in [1.82, 2.24) is 10.2 Å². The maximum absolute atomic E-state index is 15.5. The fourth-order valence-electron chi connectivity index (χ4n) is 4.78. The molecule has 4 rings (SSSR count). The normalized spacial score (nSPS) is 20.2. The zero-order chi connectivity index (χ0) is 28.6. The lowest BCUT2D eigenvalue weighted by atomic mass is 9.99. The molecular formula is C27H28F5N5O2. The number of dihydropyridines is 1. The van der Waals surface area contributed by atoms with Gasteiger partial charge in [0.15, 0.2) is 0 Å². The summed E-state index contributed by atoms with van der Waals surface area (Å²) in [6.07, 6.45) is -2.90. The molecule has 2 heterocycles. The summed E-state index contributed by atoms with van der Waals surface area (Å²) < 4.78 is 70.8. The number of rotatable bonds is 5. The highest BCUT2D eigenvalue weighted by molar-refractivity contribution is 6.09. The fourth-order valence-corrected chi connectivity index (χ4v) is 4.78. The highest BCUT2D eigenvalue weighted by atomic mass is 19.4. The summed E-state index contributed by atoms with van der Waals surface area (Å²) >= 11 is 0.